The molecule has 0 spiro atoms. The number of hydrogen-bond donors (Lipinski definition) is 1. The van der Waals surface area contributed by atoms with E-state index in [4.69, 9.17) is 23.2 Å². The predicted molar refractivity (Wildman–Crippen MR) is 90.6 cm³/mol. The lowest BCUT2D eigenvalue weighted by molar-refractivity contribution is -0.133. The molecular formula is C17H20Cl2N2O2. The van der Waals surface area contributed by atoms with E-state index >= 15 is 0 Å². The highest BCUT2D eigenvalue weighted by atomic mass is 35.5. The Morgan fingerprint density at radius 2 is 1.91 bits per heavy atom. The smallest absolute Gasteiger partial charge is 0.226 e. The molecule has 2 atom stereocenters. The van der Waals surface area contributed by atoms with Crippen molar-refractivity contribution in [2.75, 3.05) is 19.6 Å². The van der Waals surface area contributed by atoms with E-state index in [0.29, 0.717) is 29.4 Å². The largest absolute Gasteiger partial charge is 0.356 e. The third-order valence-electron chi connectivity index (χ3n) is 4.57. The number of rotatable bonds is 5. The van der Waals surface area contributed by atoms with Crippen LogP contribution in [0.4, 0.5) is 0 Å². The molecule has 2 fully saturated rings. The van der Waals surface area contributed by atoms with Gasteiger partial charge in [0.05, 0.1) is 11.8 Å². The number of likely N-dealkylation sites (tertiary alicyclic amines) is 1. The van der Waals surface area contributed by atoms with Crippen LogP contribution < -0.4 is 5.32 Å². The van der Waals surface area contributed by atoms with Crippen LogP contribution in [-0.2, 0) is 16.0 Å². The summed E-state index contributed by atoms with van der Waals surface area (Å²) in [6.45, 7) is 2.21. The number of nitrogens with one attached hydrogen (secondary N) is 1. The van der Waals surface area contributed by atoms with Crippen LogP contribution in [0.1, 0.15) is 24.8 Å². The lowest BCUT2D eigenvalue weighted by atomic mass is 10.1. The van der Waals surface area contributed by atoms with Gasteiger partial charge in [-0.1, -0.05) is 29.3 Å². The molecule has 2 unspecified atom stereocenters. The lowest BCUT2D eigenvalue weighted by Gasteiger charge is -2.14. The first-order valence-corrected chi connectivity index (χ1v) is 8.82. The van der Waals surface area contributed by atoms with Crippen LogP contribution in [0.25, 0.3) is 0 Å². The van der Waals surface area contributed by atoms with Gasteiger partial charge >= 0.3 is 0 Å². The van der Waals surface area contributed by atoms with E-state index in [9.17, 15) is 9.59 Å². The minimum Gasteiger partial charge on any atom is -0.356 e. The van der Waals surface area contributed by atoms with Gasteiger partial charge in [0, 0.05) is 29.7 Å². The summed E-state index contributed by atoms with van der Waals surface area (Å²) in [6.07, 6.45) is 3.50. The summed E-state index contributed by atoms with van der Waals surface area (Å²) >= 11 is 12.0. The van der Waals surface area contributed by atoms with Gasteiger partial charge in [-0.15, -0.1) is 0 Å². The van der Waals surface area contributed by atoms with Crippen molar-refractivity contribution in [2.24, 2.45) is 11.8 Å². The zero-order chi connectivity index (χ0) is 16.4. The highest BCUT2D eigenvalue weighted by molar-refractivity contribution is 6.35. The van der Waals surface area contributed by atoms with Gasteiger partial charge in [0.15, 0.2) is 0 Å². The molecule has 4 nitrogen and oxygen atoms in total. The molecule has 1 saturated carbocycles. The molecule has 124 valence electrons. The zero-order valence-electron chi connectivity index (χ0n) is 12.9. The molecule has 1 heterocycles. The van der Waals surface area contributed by atoms with Crippen LogP contribution in [-0.4, -0.2) is 36.3 Å². The molecule has 1 saturated heterocycles. The fraction of sp³-hybridized carbons (Fsp3) is 0.529. The van der Waals surface area contributed by atoms with Gasteiger partial charge in [-0.25, -0.2) is 0 Å². The van der Waals surface area contributed by atoms with Gasteiger partial charge in [-0.3, -0.25) is 9.59 Å². The van der Waals surface area contributed by atoms with Gasteiger partial charge in [0.1, 0.15) is 0 Å². The summed E-state index contributed by atoms with van der Waals surface area (Å²) in [5, 5.41) is 4.12. The standard InChI is InChI=1S/C17H20Cl2N2O2/c18-12-4-3-11(15(19)9-12)5-6-20-16(22)13-10-14(13)17(23)21-7-1-2-8-21/h3-4,9,13-14H,1-2,5-8,10H2,(H,20,22). The number of carbonyl (C=O) groups is 2. The Balaban J connectivity index is 1.43. The average molecular weight is 355 g/mol. The summed E-state index contributed by atoms with van der Waals surface area (Å²) in [5.41, 5.74) is 0.955. The Morgan fingerprint density at radius 1 is 1.17 bits per heavy atom. The predicted octanol–water partition coefficient (Wildman–Crippen LogP) is 2.91. The van der Waals surface area contributed by atoms with Crippen molar-refractivity contribution in [3.8, 4) is 0 Å². The molecule has 2 amide bonds. The van der Waals surface area contributed by atoms with Crippen molar-refractivity contribution in [1.82, 2.24) is 10.2 Å². The normalized spacial score (nSPS) is 23.0. The molecule has 6 heteroatoms. The summed E-state index contributed by atoms with van der Waals surface area (Å²) in [7, 11) is 0. The number of benzene rings is 1. The first-order valence-electron chi connectivity index (χ1n) is 8.06. The van der Waals surface area contributed by atoms with Crippen molar-refractivity contribution in [3.05, 3.63) is 33.8 Å². The molecule has 1 aromatic carbocycles. The molecule has 0 radical (unpaired) electrons. The lowest BCUT2D eigenvalue weighted by Crippen LogP contribution is -2.33. The van der Waals surface area contributed by atoms with Crippen LogP contribution in [0.3, 0.4) is 0 Å². The first-order chi connectivity index (χ1) is 11.1. The fourth-order valence-corrected chi connectivity index (χ4v) is 3.61. The van der Waals surface area contributed by atoms with Crippen LogP contribution >= 0.6 is 23.2 Å². The van der Waals surface area contributed by atoms with E-state index in [1.54, 1.807) is 12.1 Å². The van der Waals surface area contributed by atoms with Crippen LogP contribution in [0.15, 0.2) is 18.2 Å². The van der Waals surface area contributed by atoms with E-state index < -0.39 is 0 Å². The van der Waals surface area contributed by atoms with E-state index in [1.165, 1.54) is 0 Å². The van der Waals surface area contributed by atoms with Gasteiger partial charge in [-0.05, 0) is 43.4 Å². The minimum atomic E-state index is -0.149. The van der Waals surface area contributed by atoms with Gasteiger partial charge in [-0.2, -0.15) is 0 Å². The number of carbonyl (C=O) groups excluding carboxylic acids is 2. The summed E-state index contributed by atoms with van der Waals surface area (Å²) in [4.78, 5) is 26.2. The average Bonchev–Trinajstić information content (AvgIpc) is 3.14. The van der Waals surface area contributed by atoms with Crippen molar-refractivity contribution in [2.45, 2.75) is 25.7 Å². The fourth-order valence-electron chi connectivity index (χ4n) is 3.11. The molecule has 23 heavy (non-hydrogen) atoms. The maximum Gasteiger partial charge on any atom is 0.226 e. The molecule has 1 N–H and O–H groups in total. The molecule has 0 bridgehead atoms. The van der Waals surface area contributed by atoms with Crippen molar-refractivity contribution in [1.29, 1.82) is 0 Å². The molecule has 3 rings (SSSR count). The van der Waals surface area contributed by atoms with Crippen molar-refractivity contribution >= 4 is 35.0 Å². The number of nitrogens with zero attached hydrogens (tertiary/aromatic N) is 1. The second-order valence-corrected chi connectivity index (χ2v) is 7.10. The van der Waals surface area contributed by atoms with Gasteiger partial charge in [0.2, 0.25) is 11.8 Å². The first kappa shape index (κ1) is 16.6. The SMILES string of the molecule is O=C(NCCc1ccc(Cl)cc1Cl)C1CC1C(=O)N1CCCC1. The second kappa shape index (κ2) is 7.10. The Hall–Kier alpha value is -1.26. The van der Waals surface area contributed by atoms with E-state index in [1.807, 2.05) is 11.0 Å². The minimum absolute atomic E-state index is 0.0207. The van der Waals surface area contributed by atoms with Crippen LogP contribution in [0.5, 0.6) is 0 Å². The number of halogens is 2. The van der Waals surface area contributed by atoms with Crippen molar-refractivity contribution in [3.63, 3.8) is 0 Å². The van der Waals surface area contributed by atoms with Gasteiger partial charge in [0.25, 0.3) is 0 Å². The third-order valence-corrected chi connectivity index (χ3v) is 5.16. The summed E-state index contributed by atoms with van der Waals surface area (Å²) < 4.78 is 0. The Labute approximate surface area is 146 Å². The maximum atomic E-state index is 12.2. The van der Waals surface area contributed by atoms with Crippen molar-refractivity contribution < 1.29 is 9.59 Å². The Bertz CT molecular complexity index is 615. The molecule has 2 aliphatic rings. The van der Waals surface area contributed by atoms with E-state index in [-0.39, 0.29) is 23.7 Å². The zero-order valence-corrected chi connectivity index (χ0v) is 14.4. The van der Waals surface area contributed by atoms with E-state index in [2.05, 4.69) is 5.32 Å². The quantitative estimate of drug-likeness (QED) is 0.883. The Kier molecular flexibility index (Phi) is 5.12. The second-order valence-electron chi connectivity index (χ2n) is 6.26. The molecule has 0 aromatic heterocycles. The van der Waals surface area contributed by atoms with Crippen LogP contribution in [0.2, 0.25) is 10.0 Å². The Morgan fingerprint density at radius 3 is 2.61 bits per heavy atom. The monoisotopic (exact) mass is 354 g/mol. The number of hydrogen-bond acceptors (Lipinski definition) is 2. The van der Waals surface area contributed by atoms with E-state index in [0.717, 1.165) is 31.5 Å². The summed E-state index contributed by atoms with van der Waals surface area (Å²) in [5.74, 6) is -0.118. The highest BCUT2D eigenvalue weighted by Crippen LogP contribution is 2.40. The molecule has 1 aliphatic heterocycles. The number of amides is 2. The summed E-state index contributed by atoms with van der Waals surface area (Å²) in [6, 6.07) is 5.36. The molecule has 1 aliphatic carbocycles. The van der Waals surface area contributed by atoms with Crippen LogP contribution in [0, 0.1) is 11.8 Å². The maximum absolute atomic E-state index is 12.2. The topological polar surface area (TPSA) is 49.4 Å². The van der Waals surface area contributed by atoms with Gasteiger partial charge < -0.3 is 10.2 Å². The third kappa shape index (κ3) is 3.99. The molecular weight excluding hydrogens is 335 g/mol. The molecule has 1 aromatic rings. The highest BCUT2D eigenvalue weighted by Gasteiger charge is 2.49.